The van der Waals surface area contributed by atoms with Crippen LogP contribution in [0.1, 0.15) is 18.5 Å². The molecule has 1 aliphatic rings. The molecule has 2 N–H and O–H groups in total. The van der Waals surface area contributed by atoms with E-state index in [-0.39, 0.29) is 19.3 Å². The number of carboxylic acid groups (broad SMARTS) is 1. The molecule has 0 bridgehead atoms. The lowest BCUT2D eigenvalue weighted by Crippen LogP contribution is -2.56. The summed E-state index contributed by atoms with van der Waals surface area (Å²) in [6.07, 6.45) is 0. The van der Waals surface area contributed by atoms with Crippen molar-refractivity contribution < 1.29 is 19.4 Å². The highest BCUT2D eigenvalue weighted by Crippen LogP contribution is 2.41. The quantitative estimate of drug-likeness (QED) is 0.814. The highest BCUT2D eigenvalue weighted by atomic mass is 16.5. The van der Waals surface area contributed by atoms with Crippen LogP contribution in [0.2, 0.25) is 0 Å². The van der Waals surface area contributed by atoms with E-state index in [0.717, 1.165) is 11.3 Å². The van der Waals surface area contributed by atoms with Crippen molar-refractivity contribution in [2.45, 2.75) is 13.0 Å². The fraction of sp³-hybridized carbons (Fsp3) is 0.500. The lowest BCUT2D eigenvalue weighted by molar-refractivity contribution is -0.186. The summed E-state index contributed by atoms with van der Waals surface area (Å²) in [6.45, 7) is 3.01. The maximum absolute atomic E-state index is 11.5. The number of carbonyl (C=O) groups is 1. The Morgan fingerprint density at radius 2 is 2.11 bits per heavy atom. The van der Waals surface area contributed by atoms with Crippen LogP contribution in [0.15, 0.2) is 24.3 Å². The molecular formula is C14H19NO4. The highest BCUT2D eigenvalue weighted by molar-refractivity contribution is 5.77. The average molecular weight is 265 g/mol. The predicted octanol–water partition coefficient (Wildman–Crippen LogP) is 1.45. The normalized spacial score (nSPS) is 18.4. The van der Waals surface area contributed by atoms with Crippen molar-refractivity contribution in [1.82, 2.24) is 5.32 Å². The van der Waals surface area contributed by atoms with Crippen LogP contribution in [0.3, 0.4) is 0 Å². The summed E-state index contributed by atoms with van der Waals surface area (Å²) in [5.74, 6) is -0.0395. The van der Waals surface area contributed by atoms with Gasteiger partial charge in [-0.2, -0.15) is 0 Å². The predicted molar refractivity (Wildman–Crippen MR) is 70.3 cm³/mol. The van der Waals surface area contributed by atoms with E-state index in [0.29, 0.717) is 6.61 Å². The molecule has 1 aromatic rings. The Kier molecular flexibility index (Phi) is 4.07. The van der Waals surface area contributed by atoms with Gasteiger partial charge in [0.2, 0.25) is 0 Å². The van der Waals surface area contributed by atoms with Crippen molar-refractivity contribution >= 4 is 5.97 Å². The number of rotatable bonds is 6. The molecule has 1 unspecified atom stereocenters. The van der Waals surface area contributed by atoms with Crippen LogP contribution < -0.4 is 10.1 Å². The first kappa shape index (κ1) is 13.8. The number of aliphatic carboxylic acids is 1. The highest BCUT2D eigenvalue weighted by Gasteiger charge is 2.52. The Morgan fingerprint density at radius 1 is 1.47 bits per heavy atom. The molecule has 19 heavy (non-hydrogen) atoms. The van der Waals surface area contributed by atoms with Gasteiger partial charge >= 0.3 is 5.97 Å². The first-order valence-electron chi connectivity index (χ1n) is 6.35. The van der Waals surface area contributed by atoms with Crippen molar-refractivity contribution in [3.63, 3.8) is 0 Å². The van der Waals surface area contributed by atoms with Gasteiger partial charge in [0.1, 0.15) is 11.2 Å². The van der Waals surface area contributed by atoms with E-state index in [4.69, 9.17) is 9.47 Å². The second-order valence-electron chi connectivity index (χ2n) is 4.68. The molecule has 0 saturated carbocycles. The molecule has 0 amide bonds. The van der Waals surface area contributed by atoms with Gasteiger partial charge in [-0.05, 0) is 31.7 Å². The molecule has 0 radical (unpaired) electrons. The number of nitrogens with one attached hydrogen (secondary N) is 1. The van der Waals surface area contributed by atoms with Gasteiger partial charge < -0.3 is 19.9 Å². The fourth-order valence-corrected chi connectivity index (χ4v) is 2.42. The van der Waals surface area contributed by atoms with E-state index >= 15 is 0 Å². The summed E-state index contributed by atoms with van der Waals surface area (Å²) in [4.78, 5) is 11.5. The topological polar surface area (TPSA) is 67.8 Å². The Bertz CT molecular complexity index is 439. The fourth-order valence-electron chi connectivity index (χ4n) is 2.42. The van der Waals surface area contributed by atoms with E-state index in [1.54, 1.807) is 7.05 Å². The Hall–Kier alpha value is -1.59. The Balaban J connectivity index is 2.24. The van der Waals surface area contributed by atoms with Gasteiger partial charge in [-0.25, -0.2) is 0 Å². The van der Waals surface area contributed by atoms with Crippen molar-refractivity contribution in [2.24, 2.45) is 5.41 Å². The average Bonchev–Trinajstić information content (AvgIpc) is 2.34. The van der Waals surface area contributed by atoms with Crippen LogP contribution in [0.25, 0.3) is 0 Å². The maximum atomic E-state index is 11.5. The molecule has 2 rings (SSSR count). The third-order valence-electron chi connectivity index (χ3n) is 3.51. The zero-order valence-electron chi connectivity index (χ0n) is 11.2. The van der Waals surface area contributed by atoms with Crippen LogP contribution in [0.5, 0.6) is 5.75 Å². The summed E-state index contributed by atoms with van der Waals surface area (Å²) in [6, 6.07) is 7.25. The summed E-state index contributed by atoms with van der Waals surface area (Å²) in [5, 5.41) is 12.5. The second kappa shape index (κ2) is 5.59. The van der Waals surface area contributed by atoms with E-state index in [1.807, 2.05) is 31.2 Å². The monoisotopic (exact) mass is 265 g/mol. The number of carboxylic acids is 1. The third kappa shape index (κ3) is 2.43. The molecule has 1 atom stereocenters. The lowest BCUT2D eigenvalue weighted by atomic mass is 9.75. The van der Waals surface area contributed by atoms with Crippen LogP contribution in [-0.2, 0) is 9.53 Å². The molecule has 1 aromatic carbocycles. The zero-order chi connectivity index (χ0) is 13.9. The first-order valence-corrected chi connectivity index (χ1v) is 6.35. The van der Waals surface area contributed by atoms with Gasteiger partial charge in [0.05, 0.1) is 25.9 Å². The second-order valence-corrected chi connectivity index (χ2v) is 4.68. The molecule has 1 heterocycles. The standard InChI is InChI=1S/C14H19NO4/c1-3-19-11-6-4-10(5-7-11)12(15-2)14(13(16)17)8-18-9-14/h4-7,12,15H,3,8-9H2,1-2H3,(H,16,17). The van der Waals surface area contributed by atoms with Gasteiger partial charge in [-0.1, -0.05) is 12.1 Å². The van der Waals surface area contributed by atoms with Crippen LogP contribution in [-0.4, -0.2) is 37.9 Å². The van der Waals surface area contributed by atoms with Crippen LogP contribution in [0.4, 0.5) is 0 Å². The molecule has 104 valence electrons. The molecule has 0 aliphatic carbocycles. The molecule has 5 heteroatoms. The van der Waals surface area contributed by atoms with Gasteiger partial charge in [-0.3, -0.25) is 4.79 Å². The summed E-state index contributed by atoms with van der Waals surface area (Å²) in [5.41, 5.74) is 0.0543. The maximum Gasteiger partial charge on any atom is 0.316 e. The zero-order valence-corrected chi connectivity index (χ0v) is 11.2. The van der Waals surface area contributed by atoms with Crippen LogP contribution >= 0.6 is 0 Å². The summed E-state index contributed by atoms with van der Waals surface area (Å²) < 4.78 is 10.5. The Labute approximate surface area is 112 Å². The minimum atomic E-state index is -0.873. The minimum Gasteiger partial charge on any atom is -0.494 e. The van der Waals surface area contributed by atoms with Crippen molar-refractivity contribution in [2.75, 3.05) is 26.9 Å². The third-order valence-corrected chi connectivity index (χ3v) is 3.51. The van der Waals surface area contributed by atoms with E-state index < -0.39 is 11.4 Å². The molecule has 0 aromatic heterocycles. The van der Waals surface area contributed by atoms with E-state index in [9.17, 15) is 9.90 Å². The van der Waals surface area contributed by atoms with Gasteiger partial charge in [0.15, 0.2) is 0 Å². The number of hydrogen-bond acceptors (Lipinski definition) is 4. The molecular weight excluding hydrogens is 246 g/mol. The minimum absolute atomic E-state index is 0.237. The first-order chi connectivity index (χ1) is 9.14. The van der Waals surface area contributed by atoms with Crippen LogP contribution in [0, 0.1) is 5.41 Å². The number of hydrogen-bond donors (Lipinski definition) is 2. The van der Waals surface area contributed by atoms with Gasteiger partial charge in [0.25, 0.3) is 0 Å². The van der Waals surface area contributed by atoms with Crippen molar-refractivity contribution in [3.8, 4) is 5.75 Å². The number of benzene rings is 1. The lowest BCUT2D eigenvalue weighted by Gasteiger charge is -2.43. The smallest absolute Gasteiger partial charge is 0.316 e. The SMILES string of the molecule is CCOc1ccc(C(NC)C2(C(=O)O)COC2)cc1. The molecule has 0 spiro atoms. The summed E-state index contributed by atoms with van der Waals surface area (Å²) >= 11 is 0. The molecule has 1 fully saturated rings. The van der Waals surface area contributed by atoms with Gasteiger partial charge in [-0.15, -0.1) is 0 Å². The van der Waals surface area contributed by atoms with Crippen molar-refractivity contribution in [3.05, 3.63) is 29.8 Å². The van der Waals surface area contributed by atoms with Crippen molar-refractivity contribution in [1.29, 1.82) is 0 Å². The van der Waals surface area contributed by atoms with E-state index in [1.165, 1.54) is 0 Å². The van der Waals surface area contributed by atoms with Gasteiger partial charge in [0, 0.05) is 0 Å². The Morgan fingerprint density at radius 3 is 2.47 bits per heavy atom. The molecule has 1 aliphatic heterocycles. The largest absolute Gasteiger partial charge is 0.494 e. The number of ether oxygens (including phenoxy) is 2. The van der Waals surface area contributed by atoms with E-state index in [2.05, 4.69) is 5.32 Å². The summed E-state index contributed by atoms with van der Waals surface area (Å²) in [7, 11) is 1.77. The molecule has 5 nitrogen and oxygen atoms in total. The molecule has 1 saturated heterocycles.